The Morgan fingerprint density at radius 2 is 2.27 bits per heavy atom. The van der Waals surface area contributed by atoms with Crippen molar-refractivity contribution >= 4 is 0 Å². The third-order valence-electron chi connectivity index (χ3n) is 3.80. The third kappa shape index (κ3) is 2.71. The van der Waals surface area contributed by atoms with Gasteiger partial charge in [-0.1, -0.05) is 6.92 Å². The van der Waals surface area contributed by atoms with E-state index in [0.29, 0.717) is 6.04 Å². The van der Waals surface area contributed by atoms with Crippen molar-refractivity contribution in [1.82, 2.24) is 10.2 Å². The fourth-order valence-corrected chi connectivity index (χ4v) is 2.99. The summed E-state index contributed by atoms with van der Waals surface area (Å²) in [7, 11) is 0. The van der Waals surface area contributed by atoms with Gasteiger partial charge in [-0.15, -0.1) is 0 Å². The fraction of sp³-hybridized carbons (Fsp3) is 1.00. The van der Waals surface area contributed by atoms with E-state index in [1.165, 1.54) is 25.8 Å². The number of nitrogens with zero attached hydrogens (tertiary/aromatic N) is 1. The van der Waals surface area contributed by atoms with E-state index >= 15 is 0 Å². The van der Waals surface area contributed by atoms with E-state index in [2.05, 4.69) is 24.1 Å². The van der Waals surface area contributed by atoms with Gasteiger partial charge in [-0.3, -0.25) is 4.90 Å². The van der Waals surface area contributed by atoms with Crippen LogP contribution in [0.3, 0.4) is 0 Å². The van der Waals surface area contributed by atoms with Crippen molar-refractivity contribution in [3.8, 4) is 0 Å². The maximum Gasteiger partial charge on any atom is 0.0622 e. The molecule has 0 radical (unpaired) electrons. The van der Waals surface area contributed by atoms with E-state index in [-0.39, 0.29) is 0 Å². The number of ether oxygens (including phenoxy) is 1. The van der Waals surface area contributed by atoms with Crippen LogP contribution in [0.5, 0.6) is 0 Å². The second kappa shape index (κ2) is 5.28. The first-order valence-corrected chi connectivity index (χ1v) is 6.38. The normalized spacial score (nSPS) is 38.4. The summed E-state index contributed by atoms with van der Waals surface area (Å²) >= 11 is 0. The van der Waals surface area contributed by atoms with Gasteiger partial charge in [0.15, 0.2) is 0 Å². The quantitative estimate of drug-likeness (QED) is 0.762. The number of nitrogens with one attached hydrogen (secondary N) is 1. The van der Waals surface area contributed by atoms with E-state index in [9.17, 15) is 0 Å². The molecule has 0 aromatic carbocycles. The molecule has 0 aliphatic carbocycles. The second-order valence-electron chi connectivity index (χ2n) is 4.88. The second-order valence-corrected chi connectivity index (χ2v) is 4.88. The van der Waals surface area contributed by atoms with Gasteiger partial charge >= 0.3 is 0 Å². The molecule has 3 heteroatoms. The third-order valence-corrected chi connectivity index (χ3v) is 3.80. The largest absolute Gasteiger partial charge is 0.380 e. The summed E-state index contributed by atoms with van der Waals surface area (Å²) < 4.78 is 5.48. The monoisotopic (exact) mass is 212 g/mol. The summed E-state index contributed by atoms with van der Waals surface area (Å²) in [6.45, 7) is 8.82. The van der Waals surface area contributed by atoms with E-state index in [4.69, 9.17) is 4.74 Å². The molecule has 88 valence electrons. The van der Waals surface area contributed by atoms with Gasteiger partial charge in [0.05, 0.1) is 6.61 Å². The highest BCUT2D eigenvalue weighted by Gasteiger charge is 2.31. The van der Waals surface area contributed by atoms with Crippen LogP contribution in [-0.2, 0) is 4.74 Å². The van der Waals surface area contributed by atoms with Crippen LogP contribution in [0.1, 0.15) is 33.1 Å². The number of hydrogen-bond acceptors (Lipinski definition) is 3. The molecule has 0 saturated carbocycles. The van der Waals surface area contributed by atoms with E-state index in [1.807, 2.05) is 0 Å². The highest BCUT2D eigenvalue weighted by molar-refractivity contribution is 4.87. The minimum atomic E-state index is 0.697. The first kappa shape index (κ1) is 11.4. The lowest BCUT2D eigenvalue weighted by atomic mass is 9.96. The fourth-order valence-electron chi connectivity index (χ4n) is 2.99. The van der Waals surface area contributed by atoms with Gasteiger partial charge in [0.2, 0.25) is 0 Å². The summed E-state index contributed by atoms with van der Waals surface area (Å²) in [4.78, 5) is 2.65. The smallest absolute Gasteiger partial charge is 0.0622 e. The van der Waals surface area contributed by atoms with Gasteiger partial charge in [0.1, 0.15) is 0 Å². The molecule has 3 unspecified atom stereocenters. The van der Waals surface area contributed by atoms with E-state index < -0.39 is 0 Å². The van der Waals surface area contributed by atoms with E-state index in [0.717, 1.165) is 31.8 Å². The molecule has 2 heterocycles. The lowest BCUT2D eigenvalue weighted by Crippen LogP contribution is -2.51. The Hall–Kier alpha value is -0.120. The van der Waals surface area contributed by atoms with Crippen LogP contribution >= 0.6 is 0 Å². The van der Waals surface area contributed by atoms with Crippen molar-refractivity contribution in [2.24, 2.45) is 0 Å². The molecule has 2 aliphatic rings. The molecular formula is C12H24N2O. The molecule has 15 heavy (non-hydrogen) atoms. The van der Waals surface area contributed by atoms with Crippen molar-refractivity contribution < 1.29 is 4.74 Å². The summed E-state index contributed by atoms with van der Waals surface area (Å²) in [5, 5.41) is 3.57. The molecule has 0 bridgehead atoms. The number of hydrogen-bond donors (Lipinski definition) is 1. The lowest BCUT2D eigenvalue weighted by molar-refractivity contribution is 0.0760. The first-order valence-electron chi connectivity index (χ1n) is 6.38. The number of rotatable bonds is 3. The Morgan fingerprint density at radius 3 is 2.87 bits per heavy atom. The Bertz CT molecular complexity index is 192. The molecule has 0 amide bonds. The predicted molar refractivity (Wildman–Crippen MR) is 62.1 cm³/mol. The molecular weight excluding hydrogens is 188 g/mol. The SMILES string of the molecule is CCNC1CCN(C2CCOC2)C(C)C1. The van der Waals surface area contributed by atoms with Crippen LogP contribution < -0.4 is 5.32 Å². The maximum atomic E-state index is 5.48. The topological polar surface area (TPSA) is 24.5 Å². The molecule has 2 saturated heterocycles. The molecule has 2 rings (SSSR count). The van der Waals surface area contributed by atoms with Crippen molar-refractivity contribution in [2.75, 3.05) is 26.3 Å². The lowest BCUT2D eigenvalue weighted by Gasteiger charge is -2.41. The Kier molecular flexibility index (Phi) is 4.00. The Balaban J connectivity index is 1.83. The molecule has 3 nitrogen and oxygen atoms in total. The van der Waals surface area contributed by atoms with Crippen LogP contribution in [0.2, 0.25) is 0 Å². The van der Waals surface area contributed by atoms with Crippen LogP contribution in [0.4, 0.5) is 0 Å². The number of likely N-dealkylation sites (tertiary alicyclic amines) is 1. The van der Waals surface area contributed by atoms with Gasteiger partial charge < -0.3 is 10.1 Å². The van der Waals surface area contributed by atoms with Crippen LogP contribution in [-0.4, -0.2) is 49.3 Å². The minimum absolute atomic E-state index is 0.697. The van der Waals surface area contributed by atoms with Gasteiger partial charge in [0, 0.05) is 31.3 Å². The van der Waals surface area contributed by atoms with Crippen molar-refractivity contribution in [2.45, 2.75) is 51.2 Å². The minimum Gasteiger partial charge on any atom is -0.380 e. The van der Waals surface area contributed by atoms with Crippen LogP contribution in [0, 0.1) is 0 Å². The van der Waals surface area contributed by atoms with Gasteiger partial charge in [-0.25, -0.2) is 0 Å². The molecule has 1 N–H and O–H groups in total. The molecule has 2 aliphatic heterocycles. The predicted octanol–water partition coefficient (Wildman–Crippen LogP) is 1.24. The molecule has 0 spiro atoms. The Morgan fingerprint density at radius 1 is 1.40 bits per heavy atom. The van der Waals surface area contributed by atoms with Crippen molar-refractivity contribution in [3.63, 3.8) is 0 Å². The Labute approximate surface area is 93.2 Å². The molecule has 3 atom stereocenters. The van der Waals surface area contributed by atoms with Gasteiger partial charge in [0.25, 0.3) is 0 Å². The zero-order valence-electron chi connectivity index (χ0n) is 10.0. The van der Waals surface area contributed by atoms with Crippen LogP contribution in [0.15, 0.2) is 0 Å². The molecule has 0 aromatic heterocycles. The van der Waals surface area contributed by atoms with E-state index in [1.54, 1.807) is 0 Å². The standard InChI is InChI=1S/C12H24N2O/c1-3-13-11-4-6-14(10(2)8-11)12-5-7-15-9-12/h10-13H,3-9H2,1-2H3. The van der Waals surface area contributed by atoms with Gasteiger partial charge in [-0.05, 0) is 32.7 Å². The average molecular weight is 212 g/mol. The maximum absolute atomic E-state index is 5.48. The van der Waals surface area contributed by atoms with Crippen LogP contribution in [0.25, 0.3) is 0 Å². The summed E-state index contributed by atoms with van der Waals surface area (Å²) in [6.07, 6.45) is 3.83. The van der Waals surface area contributed by atoms with Gasteiger partial charge in [-0.2, -0.15) is 0 Å². The number of piperidine rings is 1. The summed E-state index contributed by atoms with van der Waals surface area (Å²) in [6, 6.07) is 2.15. The average Bonchev–Trinajstić information content (AvgIpc) is 2.71. The summed E-state index contributed by atoms with van der Waals surface area (Å²) in [5.41, 5.74) is 0. The molecule has 2 fully saturated rings. The first-order chi connectivity index (χ1) is 7.31. The highest BCUT2D eigenvalue weighted by Crippen LogP contribution is 2.23. The zero-order chi connectivity index (χ0) is 10.7. The van der Waals surface area contributed by atoms with Crippen molar-refractivity contribution in [3.05, 3.63) is 0 Å². The van der Waals surface area contributed by atoms with Crippen molar-refractivity contribution in [1.29, 1.82) is 0 Å². The zero-order valence-corrected chi connectivity index (χ0v) is 10.0. The molecule has 0 aromatic rings. The highest BCUT2D eigenvalue weighted by atomic mass is 16.5. The summed E-state index contributed by atoms with van der Waals surface area (Å²) in [5.74, 6) is 0.